The van der Waals surface area contributed by atoms with Crippen LogP contribution in [0.3, 0.4) is 0 Å². The highest BCUT2D eigenvalue weighted by Crippen LogP contribution is 2.48. The van der Waals surface area contributed by atoms with E-state index in [0.29, 0.717) is 16.8 Å². The Bertz CT molecular complexity index is 1210. The highest BCUT2D eigenvalue weighted by molar-refractivity contribution is 6.31. The summed E-state index contributed by atoms with van der Waals surface area (Å²) in [6, 6.07) is 11.9. The van der Waals surface area contributed by atoms with Crippen molar-refractivity contribution in [2.24, 2.45) is 5.73 Å². The molecule has 3 aromatic rings. The zero-order valence-electron chi connectivity index (χ0n) is 14.5. The Hall–Kier alpha value is -3.90. The number of nitriles is 1. The third-order valence-electron chi connectivity index (χ3n) is 4.57. The maximum Gasteiger partial charge on any atom is 0.270 e. The minimum absolute atomic E-state index is 0.0336. The molecular weight excluding hydrogens is 401 g/mol. The van der Waals surface area contributed by atoms with Crippen molar-refractivity contribution in [3.05, 3.63) is 86.0 Å². The van der Waals surface area contributed by atoms with Gasteiger partial charge >= 0.3 is 0 Å². The monoisotopic (exact) mass is 411 g/mol. The molecule has 1 aromatic heterocycles. The second kappa shape index (κ2) is 6.92. The molecule has 144 valence electrons. The molecule has 0 unspecified atom stereocenters. The maximum absolute atomic E-state index is 14.8. The zero-order valence-corrected chi connectivity index (χ0v) is 15.3. The lowest BCUT2D eigenvalue weighted by atomic mass is 9.82. The van der Waals surface area contributed by atoms with E-state index in [1.54, 1.807) is 6.07 Å². The van der Waals surface area contributed by atoms with Gasteiger partial charge in [-0.1, -0.05) is 29.8 Å². The molecule has 0 fully saturated rings. The lowest BCUT2D eigenvalue weighted by molar-refractivity contribution is -0.384. The van der Waals surface area contributed by atoms with E-state index in [4.69, 9.17) is 22.1 Å². The number of fused-ring (bicyclic) bond motifs is 1. The average Bonchev–Trinajstić information content (AvgIpc) is 3.11. The first kappa shape index (κ1) is 18.5. The summed E-state index contributed by atoms with van der Waals surface area (Å²) in [6.45, 7) is 0. The van der Waals surface area contributed by atoms with Crippen LogP contribution >= 0.6 is 11.6 Å². The fourth-order valence-electron chi connectivity index (χ4n) is 3.32. The van der Waals surface area contributed by atoms with Gasteiger partial charge in [-0.3, -0.25) is 15.2 Å². The number of allylic oxidation sites excluding steroid dienone is 1. The Kier molecular flexibility index (Phi) is 4.41. The minimum atomic E-state index is -1.01. The van der Waals surface area contributed by atoms with Gasteiger partial charge in [0.2, 0.25) is 11.8 Å². The molecule has 0 radical (unpaired) electrons. The van der Waals surface area contributed by atoms with Gasteiger partial charge in [0.05, 0.1) is 22.1 Å². The molecule has 1 aliphatic heterocycles. The van der Waals surface area contributed by atoms with Gasteiger partial charge in [0.1, 0.15) is 17.5 Å². The molecule has 4 rings (SSSR count). The summed E-state index contributed by atoms with van der Waals surface area (Å²) in [6.07, 6.45) is 0. The number of nitrogens with zero attached hydrogens (tertiary/aromatic N) is 3. The number of non-ortho nitro benzene ring substituents is 1. The number of aromatic amines is 1. The van der Waals surface area contributed by atoms with Gasteiger partial charge in [0, 0.05) is 28.3 Å². The van der Waals surface area contributed by atoms with Crippen molar-refractivity contribution in [2.45, 2.75) is 5.92 Å². The number of nitrogens with one attached hydrogen (secondary N) is 1. The SMILES string of the molecule is N#CC1=C(N)Oc2n[nH]c(-c3cccc([N+](=O)[O-])c3)c2[C@@H]1c1c(F)cccc1Cl. The van der Waals surface area contributed by atoms with Gasteiger partial charge in [0.15, 0.2) is 0 Å². The van der Waals surface area contributed by atoms with Gasteiger partial charge in [-0.05, 0) is 12.1 Å². The normalized spacial score (nSPS) is 15.4. The largest absolute Gasteiger partial charge is 0.420 e. The number of hydrogen-bond acceptors (Lipinski definition) is 6. The highest BCUT2D eigenvalue weighted by atomic mass is 35.5. The number of rotatable bonds is 3. The zero-order chi connectivity index (χ0) is 20.7. The fourth-order valence-corrected chi connectivity index (χ4v) is 3.59. The van der Waals surface area contributed by atoms with Crippen LogP contribution in [0.15, 0.2) is 53.9 Å². The lowest BCUT2D eigenvalue weighted by Gasteiger charge is -2.25. The molecular formula is C19H11ClFN5O3. The number of H-pyrrole nitrogens is 1. The van der Waals surface area contributed by atoms with Crippen LogP contribution in [0, 0.1) is 27.3 Å². The van der Waals surface area contributed by atoms with Crippen LogP contribution in [0.4, 0.5) is 10.1 Å². The third-order valence-corrected chi connectivity index (χ3v) is 4.90. The predicted octanol–water partition coefficient (Wildman–Crippen LogP) is 4.00. The number of aromatic nitrogens is 2. The van der Waals surface area contributed by atoms with Gasteiger partial charge < -0.3 is 10.5 Å². The van der Waals surface area contributed by atoms with Crippen LogP contribution in [-0.4, -0.2) is 15.1 Å². The van der Waals surface area contributed by atoms with Crippen molar-refractivity contribution < 1.29 is 14.1 Å². The number of nitro groups is 1. The van der Waals surface area contributed by atoms with Crippen LogP contribution in [-0.2, 0) is 0 Å². The number of nitro benzene ring substituents is 1. The highest BCUT2D eigenvalue weighted by Gasteiger charge is 2.38. The van der Waals surface area contributed by atoms with Gasteiger partial charge in [-0.15, -0.1) is 5.10 Å². The van der Waals surface area contributed by atoms with E-state index in [-0.39, 0.29) is 33.6 Å². The topological polar surface area (TPSA) is 131 Å². The van der Waals surface area contributed by atoms with E-state index in [2.05, 4.69) is 10.2 Å². The van der Waals surface area contributed by atoms with Crippen LogP contribution < -0.4 is 10.5 Å². The minimum Gasteiger partial charge on any atom is -0.420 e. The van der Waals surface area contributed by atoms with Crippen LogP contribution in [0.25, 0.3) is 11.3 Å². The fraction of sp³-hybridized carbons (Fsp3) is 0.0526. The van der Waals surface area contributed by atoms with Crippen molar-refractivity contribution in [3.8, 4) is 23.2 Å². The van der Waals surface area contributed by atoms with E-state index in [1.807, 2.05) is 6.07 Å². The van der Waals surface area contributed by atoms with E-state index in [9.17, 15) is 19.8 Å². The maximum atomic E-state index is 14.8. The molecule has 0 spiro atoms. The summed E-state index contributed by atoms with van der Waals surface area (Å²) < 4.78 is 20.2. The van der Waals surface area contributed by atoms with Crippen LogP contribution in [0.5, 0.6) is 5.88 Å². The van der Waals surface area contributed by atoms with Crippen molar-refractivity contribution in [1.82, 2.24) is 10.2 Å². The van der Waals surface area contributed by atoms with Gasteiger partial charge in [-0.2, -0.15) is 5.26 Å². The number of nitrogens with two attached hydrogens (primary N) is 1. The smallest absolute Gasteiger partial charge is 0.270 e. The Morgan fingerprint density at radius 3 is 2.76 bits per heavy atom. The molecule has 3 N–H and O–H groups in total. The van der Waals surface area contributed by atoms with E-state index >= 15 is 0 Å². The number of ether oxygens (including phenoxy) is 1. The first-order valence-electron chi connectivity index (χ1n) is 8.27. The molecule has 10 heteroatoms. The Morgan fingerprint density at radius 2 is 2.07 bits per heavy atom. The molecule has 0 amide bonds. The number of hydrogen-bond donors (Lipinski definition) is 2. The summed E-state index contributed by atoms with van der Waals surface area (Å²) in [5.74, 6) is -1.83. The van der Waals surface area contributed by atoms with Crippen LogP contribution in [0.2, 0.25) is 5.02 Å². The first-order chi connectivity index (χ1) is 13.9. The average molecular weight is 412 g/mol. The molecule has 0 aliphatic carbocycles. The second-order valence-electron chi connectivity index (χ2n) is 6.19. The Labute approximate surface area is 168 Å². The Balaban J connectivity index is 2.00. The van der Waals surface area contributed by atoms with Crippen molar-refractivity contribution >= 4 is 17.3 Å². The molecule has 8 nitrogen and oxygen atoms in total. The number of halogens is 2. The third kappa shape index (κ3) is 2.96. The molecule has 1 atom stereocenters. The Morgan fingerprint density at radius 1 is 1.31 bits per heavy atom. The predicted molar refractivity (Wildman–Crippen MR) is 101 cm³/mol. The summed E-state index contributed by atoms with van der Waals surface area (Å²) >= 11 is 6.26. The van der Waals surface area contributed by atoms with Crippen molar-refractivity contribution in [3.63, 3.8) is 0 Å². The van der Waals surface area contributed by atoms with Gasteiger partial charge in [-0.25, -0.2) is 4.39 Å². The first-order valence-corrected chi connectivity index (χ1v) is 8.64. The van der Waals surface area contributed by atoms with Crippen molar-refractivity contribution in [1.29, 1.82) is 5.26 Å². The summed E-state index contributed by atoms with van der Waals surface area (Å²) in [4.78, 5) is 10.6. The lowest BCUT2D eigenvalue weighted by Crippen LogP contribution is -2.21. The molecule has 0 saturated heterocycles. The summed E-state index contributed by atoms with van der Waals surface area (Å²) in [5, 5.41) is 27.7. The van der Waals surface area contributed by atoms with Gasteiger partial charge in [0.25, 0.3) is 5.69 Å². The molecule has 0 bridgehead atoms. The molecule has 0 saturated carbocycles. The number of benzene rings is 2. The standard InChI is InChI=1S/C19H11ClFN5O3/c20-12-5-2-6-13(21)15(12)14-11(8-22)18(23)29-19-16(14)17(24-25-19)9-3-1-4-10(7-9)26(27)28/h1-7,14H,23H2,(H,24,25)/t14-/m0/s1. The quantitative estimate of drug-likeness (QED) is 0.494. The summed E-state index contributed by atoms with van der Waals surface area (Å²) in [5.41, 5.74) is 6.76. The van der Waals surface area contributed by atoms with E-state index < -0.39 is 16.7 Å². The van der Waals surface area contributed by atoms with E-state index in [1.165, 1.54) is 36.4 Å². The second-order valence-corrected chi connectivity index (χ2v) is 6.59. The van der Waals surface area contributed by atoms with Crippen LogP contribution in [0.1, 0.15) is 17.0 Å². The van der Waals surface area contributed by atoms with E-state index in [0.717, 1.165) is 0 Å². The molecule has 2 aromatic carbocycles. The molecule has 1 aliphatic rings. The molecule has 29 heavy (non-hydrogen) atoms. The summed E-state index contributed by atoms with van der Waals surface area (Å²) in [7, 11) is 0. The van der Waals surface area contributed by atoms with Crippen molar-refractivity contribution in [2.75, 3.05) is 0 Å². The molecule has 2 heterocycles.